The van der Waals surface area contributed by atoms with E-state index in [-0.39, 0.29) is 5.95 Å². The Morgan fingerprint density at radius 3 is 2.36 bits per heavy atom. The fourth-order valence-electron chi connectivity index (χ4n) is 2.27. The van der Waals surface area contributed by atoms with Gasteiger partial charge < -0.3 is 5.32 Å². The van der Waals surface area contributed by atoms with Crippen LogP contribution in [-0.2, 0) is 12.7 Å². The van der Waals surface area contributed by atoms with E-state index in [2.05, 4.69) is 25.2 Å². The van der Waals surface area contributed by atoms with E-state index in [1.165, 1.54) is 0 Å². The van der Waals surface area contributed by atoms with Crippen molar-refractivity contribution in [2.75, 3.05) is 26.2 Å². The summed E-state index contributed by atoms with van der Waals surface area (Å²) in [5, 5.41) is 3.27. The lowest BCUT2D eigenvalue weighted by atomic mass is 10.3. The molecule has 118 valence electrons. The number of rotatable bonds is 3. The molecule has 1 fully saturated rings. The summed E-state index contributed by atoms with van der Waals surface area (Å²) in [6, 6.07) is 0. The molecule has 2 aromatic rings. The molecule has 0 aliphatic carbocycles. The Morgan fingerprint density at radius 2 is 1.77 bits per heavy atom. The van der Waals surface area contributed by atoms with Crippen molar-refractivity contribution in [2.24, 2.45) is 0 Å². The second-order valence-corrected chi connectivity index (χ2v) is 5.08. The second kappa shape index (κ2) is 6.01. The lowest BCUT2D eigenvalue weighted by Crippen LogP contribution is -2.42. The third-order valence-corrected chi connectivity index (χ3v) is 3.41. The molecule has 0 radical (unpaired) electrons. The lowest BCUT2D eigenvalue weighted by molar-refractivity contribution is -0.140. The van der Waals surface area contributed by atoms with Gasteiger partial charge in [-0.15, -0.1) is 0 Å². The van der Waals surface area contributed by atoms with Gasteiger partial charge in [0.2, 0.25) is 5.95 Å². The molecule has 2 aromatic heterocycles. The summed E-state index contributed by atoms with van der Waals surface area (Å²) in [5.41, 5.74) is -0.0252. The standard InChI is InChI=1S/C13H15F3N6/c14-13(15,16)11-8-22(9-20-11)12-18-5-10(6-19-12)7-21-3-1-17-2-4-21/h5-6,8-9,17H,1-4,7H2. The van der Waals surface area contributed by atoms with Crippen molar-refractivity contribution in [1.29, 1.82) is 0 Å². The normalized spacial score (nSPS) is 16.9. The van der Waals surface area contributed by atoms with Crippen molar-refractivity contribution >= 4 is 0 Å². The van der Waals surface area contributed by atoms with Crippen LogP contribution in [0.5, 0.6) is 0 Å². The first-order valence-electron chi connectivity index (χ1n) is 6.88. The van der Waals surface area contributed by atoms with Gasteiger partial charge in [0.1, 0.15) is 6.33 Å². The molecular weight excluding hydrogens is 297 g/mol. The van der Waals surface area contributed by atoms with Gasteiger partial charge in [0.15, 0.2) is 5.69 Å². The summed E-state index contributed by atoms with van der Waals surface area (Å²) in [6.07, 6.45) is 0.752. The van der Waals surface area contributed by atoms with Crippen LogP contribution >= 0.6 is 0 Å². The maximum atomic E-state index is 12.5. The molecule has 9 heteroatoms. The topological polar surface area (TPSA) is 58.9 Å². The van der Waals surface area contributed by atoms with Crippen LogP contribution in [0.15, 0.2) is 24.9 Å². The third-order valence-electron chi connectivity index (χ3n) is 3.41. The SMILES string of the molecule is FC(F)(F)c1cn(-c2ncc(CN3CCNCC3)cn2)cn1. The first kappa shape index (κ1) is 14.9. The number of alkyl halides is 3. The van der Waals surface area contributed by atoms with Gasteiger partial charge in [-0.05, 0) is 0 Å². The van der Waals surface area contributed by atoms with Gasteiger partial charge in [-0.25, -0.2) is 15.0 Å². The first-order valence-corrected chi connectivity index (χ1v) is 6.88. The molecule has 0 bridgehead atoms. The molecule has 0 atom stereocenters. The number of piperazine rings is 1. The van der Waals surface area contributed by atoms with Gasteiger partial charge in [0, 0.05) is 56.9 Å². The number of aromatic nitrogens is 4. The Balaban J connectivity index is 1.69. The molecule has 3 rings (SSSR count). The molecule has 1 saturated heterocycles. The van der Waals surface area contributed by atoms with E-state index in [1.807, 2.05) is 0 Å². The molecule has 1 aliphatic heterocycles. The minimum Gasteiger partial charge on any atom is -0.314 e. The smallest absolute Gasteiger partial charge is 0.314 e. The van der Waals surface area contributed by atoms with Crippen molar-refractivity contribution in [3.05, 3.63) is 36.2 Å². The average molecular weight is 312 g/mol. The molecule has 22 heavy (non-hydrogen) atoms. The van der Waals surface area contributed by atoms with E-state index >= 15 is 0 Å². The summed E-state index contributed by atoms with van der Waals surface area (Å²) >= 11 is 0. The quantitative estimate of drug-likeness (QED) is 0.919. The zero-order valence-corrected chi connectivity index (χ0v) is 11.7. The fraction of sp³-hybridized carbons (Fsp3) is 0.462. The number of halogens is 3. The van der Waals surface area contributed by atoms with Gasteiger partial charge in [-0.1, -0.05) is 0 Å². The Morgan fingerprint density at radius 1 is 1.09 bits per heavy atom. The molecule has 0 spiro atoms. The highest BCUT2D eigenvalue weighted by Gasteiger charge is 2.33. The van der Waals surface area contributed by atoms with E-state index in [0.29, 0.717) is 0 Å². The van der Waals surface area contributed by atoms with Crippen LogP contribution in [0, 0.1) is 0 Å². The van der Waals surface area contributed by atoms with Crippen molar-refractivity contribution < 1.29 is 13.2 Å². The molecule has 0 unspecified atom stereocenters. The Bertz CT molecular complexity index is 615. The minimum atomic E-state index is -4.46. The van der Waals surface area contributed by atoms with Crippen LogP contribution in [0.4, 0.5) is 13.2 Å². The predicted molar refractivity (Wildman–Crippen MR) is 72.3 cm³/mol. The molecule has 3 heterocycles. The van der Waals surface area contributed by atoms with E-state index < -0.39 is 11.9 Å². The number of hydrogen-bond acceptors (Lipinski definition) is 5. The molecular formula is C13H15F3N6. The summed E-state index contributed by atoms with van der Waals surface area (Å²) in [5.74, 6) is 0.173. The molecule has 1 N–H and O–H groups in total. The van der Waals surface area contributed by atoms with Gasteiger partial charge in [0.25, 0.3) is 0 Å². The van der Waals surface area contributed by atoms with Crippen LogP contribution in [0.2, 0.25) is 0 Å². The van der Waals surface area contributed by atoms with Crippen molar-refractivity contribution in [3.63, 3.8) is 0 Å². The first-order chi connectivity index (χ1) is 10.5. The van der Waals surface area contributed by atoms with Crippen LogP contribution in [0.25, 0.3) is 5.95 Å². The van der Waals surface area contributed by atoms with E-state index in [4.69, 9.17) is 0 Å². The zero-order chi connectivity index (χ0) is 15.6. The summed E-state index contributed by atoms with van der Waals surface area (Å²) in [4.78, 5) is 13.8. The zero-order valence-electron chi connectivity index (χ0n) is 11.7. The van der Waals surface area contributed by atoms with Crippen LogP contribution in [0.3, 0.4) is 0 Å². The lowest BCUT2D eigenvalue weighted by Gasteiger charge is -2.26. The van der Waals surface area contributed by atoms with Gasteiger partial charge >= 0.3 is 6.18 Å². The number of nitrogens with zero attached hydrogens (tertiary/aromatic N) is 5. The number of nitrogens with one attached hydrogen (secondary N) is 1. The summed E-state index contributed by atoms with van der Waals surface area (Å²) in [6.45, 7) is 4.55. The van der Waals surface area contributed by atoms with Crippen LogP contribution in [-0.4, -0.2) is 50.6 Å². The monoisotopic (exact) mass is 312 g/mol. The highest BCUT2D eigenvalue weighted by atomic mass is 19.4. The number of imidazole rings is 1. The second-order valence-electron chi connectivity index (χ2n) is 5.08. The van der Waals surface area contributed by atoms with E-state index in [1.54, 1.807) is 12.4 Å². The van der Waals surface area contributed by atoms with E-state index in [9.17, 15) is 13.2 Å². The minimum absolute atomic E-state index is 0.173. The van der Waals surface area contributed by atoms with Crippen molar-refractivity contribution in [3.8, 4) is 5.95 Å². The van der Waals surface area contributed by atoms with Gasteiger partial charge in [0.05, 0.1) is 0 Å². The maximum absolute atomic E-state index is 12.5. The summed E-state index contributed by atoms with van der Waals surface area (Å²) in [7, 11) is 0. The Kier molecular flexibility index (Phi) is 4.08. The molecule has 1 aliphatic rings. The molecule has 0 saturated carbocycles. The maximum Gasteiger partial charge on any atom is 0.434 e. The fourth-order valence-corrected chi connectivity index (χ4v) is 2.27. The van der Waals surface area contributed by atoms with Crippen molar-refractivity contribution in [2.45, 2.75) is 12.7 Å². The predicted octanol–water partition coefficient (Wildman–Crippen LogP) is 1.09. The average Bonchev–Trinajstić information content (AvgIpc) is 2.99. The number of hydrogen-bond donors (Lipinski definition) is 1. The molecule has 6 nitrogen and oxygen atoms in total. The van der Waals surface area contributed by atoms with Crippen LogP contribution in [0.1, 0.15) is 11.3 Å². The summed E-state index contributed by atoms with van der Waals surface area (Å²) < 4.78 is 38.7. The largest absolute Gasteiger partial charge is 0.434 e. The van der Waals surface area contributed by atoms with Crippen molar-refractivity contribution in [1.82, 2.24) is 29.7 Å². The molecule has 0 aromatic carbocycles. The Labute approximate surface area is 125 Å². The highest BCUT2D eigenvalue weighted by molar-refractivity contribution is 5.17. The van der Waals surface area contributed by atoms with Crippen LogP contribution < -0.4 is 5.32 Å². The molecule has 0 amide bonds. The van der Waals surface area contributed by atoms with E-state index in [0.717, 1.165) is 55.4 Å². The Hall–Kier alpha value is -2.00. The van der Waals surface area contributed by atoms with Gasteiger partial charge in [-0.3, -0.25) is 9.47 Å². The van der Waals surface area contributed by atoms with Gasteiger partial charge in [-0.2, -0.15) is 13.2 Å². The highest BCUT2D eigenvalue weighted by Crippen LogP contribution is 2.27. The third kappa shape index (κ3) is 3.42.